The van der Waals surface area contributed by atoms with E-state index >= 15 is 0 Å². The first-order chi connectivity index (χ1) is 8.58. The molecule has 0 spiro atoms. The van der Waals surface area contributed by atoms with Crippen molar-refractivity contribution in [1.29, 1.82) is 0 Å². The normalized spacial score (nSPS) is 10.3. The molecule has 0 aromatic carbocycles. The van der Waals surface area contributed by atoms with E-state index < -0.39 is 0 Å². The Balaban J connectivity index is 2.93. The van der Waals surface area contributed by atoms with Gasteiger partial charge < -0.3 is 14.4 Å². The third-order valence-corrected chi connectivity index (χ3v) is 2.34. The van der Waals surface area contributed by atoms with Crippen LogP contribution in [-0.2, 0) is 9.53 Å². The van der Waals surface area contributed by atoms with Gasteiger partial charge in [0, 0.05) is 12.7 Å². The number of hydrogen-bond acceptors (Lipinski definition) is 5. The Hall–Kier alpha value is -1.78. The molecule has 0 atom stereocenters. The predicted octanol–water partition coefficient (Wildman–Crippen LogP) is 1.87. The topological polar surface area (TPSA) is 51.7 Å². The van der Waals surface area contributed by atoms with Gasteiger partial charge in [0.15, 0.2) is 11.6 Å². The maximum Gasteiger partial charge on any atom is 0.325 e. The Morgan fingerprint density at radius 3 is 2.78 bits per heavy atom. The van der Waals surface area contributed by atoms with Crippen molar-refractivity contribution < 1.29 is 14.3 Å². The van der Waals surface area contributed by atoms with E-state index in [9.17, 15) is 4.79 Å². The van der Waals surface area contributed by atoms with Gasteiger partial charge in [0.25, 0.3) is 0 Å². The Morgan fingerprint density at radius 2 is 2.22 bits per heavy atom. The van der Waals surface area contributed by atoms with E-state index in [1.807, 2.05) is 37.8 Å². The summed E-state index contributed by atoms with van der Waals surface area (Å²) >= 11 is 0. The van der Waals surface area contributed by atoms with Gasteiger partial charge in [-0.05, 0) is 32.9 Å². The average Bonchev–Trinajstić information content (AvgIpc) is 2.36. The van der Waals surface area contributed by atoms with Gasteiger partial charge in [-0.3, -0.25) is 4.79 Å². The van der Waals surface area contributed by atoms with Crippen LogP contribution in [0.25, 0.3) is 0 Å². The van der Waals surface area contributed by atoms with Gasteiger partial charge in [0.1, 0.15) is 6.54 Å². The van der Waals surface area contributed by atoms with Crippen LogP contribution in [0.4, 0.5) is 5.82 Å². The van der Waals surface area contributed by atoms with Crippen molar-refractivity contribution in [2.24, 2.45) is 0 Å². The number of esters is 1. The van der Waals surface area contributed by atoms with E-state index in [0.29, 0.717) is 18.1 Å². The first kappa shape index (κ1) is 14.3. The number of carbonyl (C=O) groups is 1. The molecule has 1 rings (SSSR count). The largest absolute Gasteiger partial charge is 0.487 e. The highest BCUT2D eigenvalue weighted by atomic mass is 16.5. The summed E-state index contributed by atoms with van der Waals surface area (Å²) in [7, 11) is 1.38. The standard InChI is InChI=1S/C13H20N2O3/c1-5-15(9-12(16)17-4)13-11(18-10(2)3)7-6-8-14-13/h6-8,10H,5,9H2,1-4H3. The minimum atomic E-state index is -0.294. The van der Waals surface area contributed by atoms with Gasteiger partial charge in [0.05, 0.1) is 13.2 Å². The van der Waals surface area contributed by atoms with Crippen LogP contribution in [0, 0.1) is 0 Å². The number of aromatic nitrogens is 1. The Bertz CT molecular complexity index is 394. The maximum absolute atomic E-state index is 11.4. The lowest BCUT2D eigenvalue weighted by Gasteiger charge is -2.23. The summed E-state index contributed by atoms with van der Waals surface area (Å²) < 4.78 is 10.4. The first-order valence-corrected chi connectivity index (χ1v) is 6.01. The predicted molar refractivity (Wildman–Crippen MR) is 69.9 cm³/mol. The van der Waals surface area contributed by atoms with E-state index in [4.69, 9.17) is 4.74 Å². The summed E-state index contributed by atoms with van der Waals surface area (Å²) in [5.74, 6) is 1.05. The molecule has 0 fully saturated rings. The maximum atomic E-state index is 11.4. The SMILES string of the molecule is CCN(CC(=O)OC)c1ncccc1OC(C)C. The second kappa shape index (κ2) is 6.83. The lowest BCUT2D eigenvalue weighted by Crippen LogP contribution is -2.31. The highest BCUT2D eigenvalue weighted by Crippen LogP contribution is 2.25. The van der Waals surface area contributed by atoms with Gasteiger partial charge >= 0.3 is 5.97 Å². The van der Waals surface area contributed by atoms with Crippen LogP contribution >= 0.6 is 0 Å². The molecule has 0 N–H and O–H groups in total. The molecule has 0 bridgehead atoms. The summed E-state index contributed by atoms with van der Waals surface area (Å²) in [5.41, 5.74) is 0. The Kier molecular flexibility index (Phi) is 5.42. The zero-order valence-electron chi connectivity index (χ0n) is 11.3. The molecule has 0 aliphatic heterocycles. The zero-order valence-corrected chi connectivity index (χ0v) is 11.3. The molecular formula is C13H20N2O3. The van der Waals surface area contributed by atoms with Crippen LogP contribution in [0.5, 0.6) is 5.75 Å². The van der Waals surface area contributed by atoms with Crippen molar-refractivity contribution in [3.63, 3.8) is 0 Å². The number of hydrogen-bond donors (Lipinski definition) is 0. The summed E-state index contributed by atoms with van der Waals surface area (Å²) in [5, 5.41) is 0. The quantitative estimate of drug-likeness (QED) is 0.723. The Morgan fingerprint density at radius 1 is 1.50 bits per heavy atom. The molecule has 1 aromatic rings. The lowest BCUT2D eigenvalue weighted by molar-refractivity contribution is -0.138. The van der Waals surface area contributed by atoms with Crippen molar-refractivity contribution in [3.8, 4) is 5.75 Å². The zero-order chi connectivity index (χ0) is 13.5. The van der Waals surface area contributed by atoms with E-state index in [1.54, 1.807) is 6.20 Å². The second-order valence-electron chi connectivity index (χ2n) is 4.08. The highest BCUT2D eigenvalue weighted by Gasteiger charge is 2.16. The number of ether oxygens (including phenoxy) is 2. The molecule has 5 nitrogen and oxygen atoms in total. The van der Waals surface area contributed by atoms with Gasteiger partial charge in [0.2, 0.25) is 0 Å². The molecule has 0 unspecified atom stereocenters. The fraction of sp³-hybridized carbons (Fsp3) is 0.538. The van der Waals surface area contributed by atoms with Gasteiger partial charge in [-0.1, -0.05) is 0 Å². The average molecular weight is 252 g/mol. The number of nitrogens with zero attached hydrogens (tertiary/aromatic N) is 2. The first-order valence-electron chi connectivity index (χ1n) is 6.01. The van der Waals surface area contributed by atoms with E-state index in [1.165, 1.54) is 7.11 Å². The number of rotatable bonds is 6. The molecule has 100 valence electrons. The summed E-state index contributed by atoms with van der Waals surface area (Å²) in [4.78, 5) is 17.5. The van der Waals surface area contributed by atoms with Crippen molar-refractivity contribution >= 4 is 11.8 Å². The summed E-state index contributed by atoms with van der Waals surface area (Å²) in [6, 6.07) is 3.66. The summed E-state index contributed by atoms with van der Waals surface area (Å²) in [6.07, 6.45) is 1.74. The fourth-order valence-electron chi connectivity index (χ4n) is 1.52. The molecule has 1 heterocycles. The molecular weight excluding hydrogens is 232 g/mol. The number of methoxy groups -OCH3 is 1. The van der Waals surface area contributed by atoms with Crippen LogP contribution in [0.15, 0.2) is 18.3 Å². The van der Waals surface area contributed by atoms with E-state index in [-0.39, 0.29) is 18.6 Å². The number of carbonyl (C=O) groups excluding carboxylic acids is 1. The van der Waals surface area contributed by atoms with Crippen molar-refractivity contribution in [1.82, 2.24) is 4.98 Å². The molecule has 18 heavy (non-hydrogen) atoms. The van der Waals surface area contributed by atoms with Crippen LogP contribution in [0.1, 0.15) is 20.8 Å². The van der Waals surface area contributed by atoms with Crippen molar-refractivity contribution in [2.75, 3.05) is 25.1 Å². The molecule has 0 aliphatic carbocycles. The lowest BCUT2D eigenvalue weighted by atomic mass is 10.3. The third-order valence-electron chi connectivity index (χ3n) is 2.34. The second-order valence-corrected chi connectivity index (χ2v) is 4.08. The van der Waals surface area contributed by atoms with Crippen LogP contribution in [0.2, 0.25) is 0 Å². The number of anilines is 1. The molecule has 0 amide bonds. The molecule has 1 aromatic heterocycles. The fourth-order valence-corrected chi connectivity index (χ4v) is 1.52. The molecule has 5 heteroatoms. The summed E-state index contributed by atoms with van der Waals surface area (Å²) in [6.45, 7) is 6.68. The molecule has 0 saturated heterocycles. The van der Waals surface area contributed by atoms with Crippen LogP contribution < -0.4 is 9.64 Å². The van der Waals surface area contributed by atoms with Gasteiger partial charge in [-0.2, -0.15) is 0 Å². The van der Waals surface area contributed by atoms with Gasteiger partial charge in [-0.15, -0.1) is 0 Å². The molecule has 0 saturated carbocycles. The number of likely N-dealkylation sites (N-methyl/N-ethyl adjacent to an activating group) is 1. The molecule has 0 radical (unpaired) electrons. The van der Waals surface area contributed by atoms with Crippen LogP contribution in [0.3, 0.4) is 0 Å². The van der Waals surface area contributed by atoms with Gasteiger partial charge in [-0.25, -0.2) is 4.98 Å². The monoisotopic (exact) mass is 252 g/mol. The van der Waals surface area contributed by atoms with E-state index in [0.717, 1.165) is 0 Å². The molecule has 0 aliphatic rings. The van der Waals surface area contributed by atoms with Crippen molar-refractivity contribution in [3.05, 3.63) is 18.3 Å². The van der Waals surface area contributed by atoms with Crippen LogP contribution in [-0.4, -0.2) is 37.3 Å². The number of pyridine rings is 1. The smallest absolute Gasteiger partial charge is 0.325 e. The minimum absolute atomic E-state index is 0.0600. The van der Waals surface area contributed by atoms with Crippen molar-refractivity contribution in [2.45, 2.75) is 26.9 Å². The Labute approximate surface area is 108 Å². The third kappa shape index (κ3) is 3.91. The van der Waals surface area contributed by atoms with E-state index in [2.05, 4.69) is 9.72 Å². The minimum Gasteiger partial charge on any atom is -0.487 e. The highest BCUT2D eigenvalue weighted by molar-refractivity contribution is 5.76.